The second-order valence-corrected chi connectivity index (χ2v) is 3.83. The summed E-state index contributed by atoms with van der Waals surface area (Å²) in [6.45, 7) is 0.0467. The number of aliphatic hydroxyl groups is 1. The van der Waals surface area contributed by atoms with Crippen molar-refractivity contribution in [3.8, 4) is 0 Å². The molecule has 98 valence electrons. The molecule has 0 amide bonds. The monoisotopic (exact) mass is 266 g/mol. The molecule has 0 bridgehead atoms. The molecule has 0 spiro atoms. The maximum absolute atomic E-state index is 11.2. The summed E-state index contributed by atoms with van der Waals surface area (Å²) in [5, 5.41) is 26.6. The predicted octanol–water partition coefficient (Wildman–Crippen LogP) is -0.470. The zero-order chi connectivity index (χ0) is 13.5. The van der Waals surface area contributed by atoms with Crippen LogP contribution in [-0.4, -0.2) is 51.2 Å². The molecule has 0 aliphatic carbocycles. The SMILES string of the molecule is O=C(O)CC(O)(CC(=O)OCCCS)C(=O)O. The van der Waals surface area contributed by atoms with Crippen LogP contribution >= 0.6 is 12.6 Å². The summed E-state index contributed by atoms with van der Waals surface area (Å²) in [6.07, 6.45) is -1.48. The molecule has 1 atom stereocenters. The van der Waals surface area contributed by atoms with Gasteiger partial charge in [-0.3, -0.25) is 9.59 Å². The van der Waals surface area contributed by atoms with Crippen molar-refractivity contribution in [1.82, 2.24) is 0 Å². The third kappa shape index (κ3) is 6.12. The lowest BCUT2D eigenvalue weighted by atomic mass is 9.96. The van der Waals surface area contributed by atoms with Crippen molar-refractivity contribution in [2.24, 2.45) is 0 Å². The number of aliphatic carboxylic acids is 2. The van der Waals surface area contributed by atoms with Crippen LogP contribution in [0.4, 0.5) is 0 Å². The molecule has 0 aromatic rings. The van der Waals surface area contributed by atoms with E-state index in [4.69, 9.17) is 10.2 Å². The summed E-state index contributed by atoms with van der Waals surface area (Å²) in [5.74, 6) is -3.76. The van der Waals surface area contributed by atoms with Gasteiger partial charge in [0.2, 0.25) is 0 Å². The highest BCUT2D eigenvalue weighted by molar-refractivity contribution is 7.80. The number of carboxylic acid groups (broad SMARTS) is 2. The van der Waals surface area contributed by atoms with Crippen molar-refractivity contribution in [3.05, 3.63) is 0 Å². The minimum absolute atomic E-state index is 0.0467. The Morgan fingerprint density at radius 3 is 2.18 bits per heavy atom. The summed E-state index contributed by atoms with van der Waals surface area (Å²) >= 11 is 3.87. The second-order valence-electron chi connectivity index (χ2n) is 3.38. The molecule has 0 aromatic heterocycles. The second kappa shape index (κ2) is 7.13. The lowest BCUT2D eigenvalue weighted by molar-refractivity contribution is -0.171. The van der Waals surface area contributed by atoms with Crippen LogP contribution in [0.15, 0.2) is 0 Å². The van der Waals surface area contributed by atoms with Gasteiger partial charge in [-0.1, -0.05) is 0 Å². The summed E-state index contributed by atoms with van der Waals surface area (Å²) in [7, 11) is 0. The standard InChI is InChI=1S/C9H14O7S/c10-6(11)4-9(15,8(13)14)5-7(12)16-2-1-3-17/h15,17H,1-5H2,(H,10,11)(H,13,14). The molecule has 3 N–H and O–H groups in total. The van der Waals surface area contributed by atoms with Crippen LogP contribution in [-0.2, 0) is 19.1 Å². The van der Waals surface area contributed by atoms with Gasteiger partial charge in [-0.05, 0) is 12.2 Å². The number of hydrogen-bond acceptors (Lipinski definition) is 6. The highest BCUT2D eigenvalue weighted by atomic mass is 32.1. The minimum Gasteiger partial charge on any atom is -0.481 e. The van der Waals surface area contributed by atoms with Gasteiger partial charge >= 0.3 is 17.9 Å². The Labute approximate surface area is 103 Å². The molecule has 0 aliphatic heterocycles. The van der Waals surface area contributed by atoms with Gasteiger partial charge in [-0.25, -0.2) is 4.79 Å². The van der Waals surface area contributed by atoms with E-state index >= 15 is 0 Å². The van der Waals surface area contributed by atoms with Gasteiger partial charge in [0.25, 0.3) is 0 Å². The van der Waals surface area contributed by atoms with E-state index in [9.17, 15) is 19.5 Å². The van der Waals surface area contributed by atoms with E-state index in [-0.39, 0.29) is 6.61 Å². The number of carbonyl (C=O) groups is 3. The average Bonchev–Trinajstić information content (AvgIpc) is 2.16. The molecular formula is C9H14O7S. The summed E-state index contributed by atoms with van der Waals surface area (Å²) in [6, 6.07) is 0. The fourth-order valence-electron chi connectivity index (χ4n) is 1.00. The number of esters is 1. The fraction of sp³-hybridized carbons (Fsp3) is 0.667. The van der Waals surface area contributed by atoms with Crippen LogP contribution in [0.2, 0.25) is 0 Å². The van der Waals surface area contributed by atoms with Crippen molar-refractivity contribution in [2.45, 2.75) is 24.9 Å². The number of rotatable bonds is 8. The summed E-state index contributed by atoms with van der Waals surface area (Å²) in [4.78, 5) is 32.2. The molecule has 0 aliphatic rings. The molecule has 0 saturated heterocycles. The molecule has 8 heteroatoms. The fourth-order valence-corrected chi connectivity index (χ4v) is 1.13. The smallest absolute Gasteiger partial charge is 0.336 e. The molecule has 1 unspecified atom stereocenters. The van der Waals surface area contributed by atoms with Gasteiger partial charge in [0.15, 0.2) is 5.60 Å². The van der Waals surface area contributed by atoms with Crippen LogP contribution in [0.5, 0.6) is 0 Å². The zero-order valence-electron chi connectivity index (χ0n) is 8.96. The first-order valence-electron chi connectivity index (χ1n) is 4.76. The maximum atomic E-state index is 11.2. The van der Waals surface area contributed by atoms with Gasteiger partial charge in [0.1, 0.15) is 0 Å². The Hall–Kier alpha value is -1.28. The van der Waals surface area contributed by atoms with Crippen molar-refractivity contribution < 1.29 is 34.4 Å². The van der Waals surface area contributed by atoms with Gasteiger partial charge in [0.05, 0.1) is 19.4 Å². The largest absolute Gasteiger partial charge is 0.481 e. The lowest BCUT2D eigenvalue weighted by Crippen LogP contribution is -2.43. The Kier molecular flexibility index (Phi) is 6.59. The first-order chi connectivity index (χ1) is 7.81. The van der Waals surface area contributed by atoms with E-state index in [1.807, 2.05) is 0 Å². The molecule has 17 heavy (non-hydrogen) atoms. The highest BCUT2D eigenvalue weighted by Gasteiger charge is 2.41. The normalized spacial score (nSPS) is 13.8. The zero-order valence-corrected chi connectivity index (χ0v) is 9.85. The minimum atomic E-state index is -2.64. The van der Waals surface area contributed by atoms with Gasteiger partial charge in [0, 0.05) is 0 Å². The number of carboxylic acids is 2. The average molecular weight is 266 g/mol. The van der Waals surface area contributed by atoms with E-state index in [0.717, 1.165) is 0 Å². The first-order valence-corrected chi connectivity index (χ1v) is 5.39. The number of hydrogen-bond donors (Lipinski definition) is 4. The molecule has 0 rings (SSSR count). The van der Waals surface area contributed by atoms with Crippen LogP contribution in [0.25, 0.3) is 0 Å². The third-order valence-electron chi connectivity index (χ3n) is 1.84. The maximum Gasteiger partial charge on any atom is 0.336 e. The number of thiol groups is 1. The Morgan fingerprint density at radius 1 is 1.18 bits per heavy atom. The Bertz CT molecular complexity index is 304. The van der Waals surface area contributed by atoms with Crippen molar-refractivity contribution in [2.75, 3.05) is 12.4 Å². The van der Waals surface area contributed by atoms with Crippen LogP contribution < -0.4 is 0 Å². The Morgan fingerprint density at radius 2 is 1.76 bits per heavy atom. The van der Waals surface area contributed by atoms with Crippen molar-refractivity contribution >= 4 is 30.5 Å². The molecular weight excluding hydrogens is 252 g/mol. The van der Waals surface area contributed by atoms with E-state index in [1.165, 1.54) is 0 Å². The topological polar surface area (TPSA) is 121 Å². The van der Waals surface area contributed by atoms with Crippen LogP contribution in [0, 0.1) is 0 Å². The van der Waals surface area contributed by atoms with Crippen LogP contribution in [0.1, 0.15) is 19.3 Å². The van der Waals surface area contributed by atoms with Crippen LogP contribution in [0.3, 0.4) is 0 Å². The van der Waals surface area contributed by atoms with Gasteiger partial charge in [-0.2, -0.15) is 12.6 Å². The van der Waals surface area contributed by atoms with Gasteiger partial charge in [-0.15, -0.1) is 0 Å². The van der Waals surface area contributed by atoms with E-state index in [2.05, 4.69) is 17.4 Å². The quantitative estimate of drug-likeness (QED) is 0.266. The summed E-state index contributed by atoms with van der Waals surface area (Å²) < 4.78 is 4.61. The molecule has 0 radical (unpaired) electrons. The van der Waals surface area contributed by atoms with Crippen molar-refractivity contribution in [1.29, 1.82) is 0 Å². The molecule has 7 nitrogen and oxygen atoms in total. The molecule has 0 saturated carbocycles. The summed E-state index contributed by atoms with van der Waals surface area (Å²) in [5.41, 5.74) is -2.64. The lowest BCUT2D eigenvalue weighted by Gasteiger charge is -2.20. The van der Waals surface area contributed by atoms with E-state index in [0.29, 0.717) is 12.2 Å². The number of carbonyl (C=O) groups excluding carboxylic acids is 1. The van der Waals surface area contributed by atoms with E-state index in [1.54, 1.807) is 0 Å². The van der Waals surface area contributed by atoms with Gasteiger partial charge < -0.3 is 20.1 Å². The number of ether oxygens (including phenoxy) is 1. The van der Waals surface area contributed by atoms with Crippen molar-refractivity contribution in [3.63, 3.8) is 0 Å². The third-order valence-corrected chi connectivity index (χ3v) is 2.16. The Balaban J connectivity index is 4.39. The first kappa shape index (κ1) is 15.7. The predicted molar refractivity (Wildman–Crippen MR) is 58.9 cm³/mol. The van der Waals surface area contributed by atoms with E-state index < -0.39 is 36.4 Å². The molecule has 0 heterocycles. The highest BCUT2D eigenvalue weighted by Crippen LogP contribution is 2.17. The molecule has 0 fully saturated rings. The molecule has 0 aromatic carbocycles.